The van der Waals surface area contributed by atoms with Crippen molar-refractivity contribution in [2.45, 2.75) is 64.5 Å². The summed E-state index contributed by atoms with van der Waals surface area (Å²) < 4.78 is 2.07. The molecule has 0 aromatic carbocycles. The van der Waals surface area contributed by atoms with E-state index in [0.717, 1.165) is 30.3 Å². The number of hydrogen-bond donors (Lipinski definition) is 1. The van der Waals surface area contributed by atoms with Gasteiger partial charge in [0.2, 0.25) is 0 Å². The lowest BCUT2D eigenvalue weighted by Gasteiger charge is -2.34. The molecule has 1 aromatic heterocycles. The number of nitrogens with zero attached hydrogens (tertiary/aromatic N) is 2. The zero-order chi connectivity index (χ0) is 13.2. The Morgan fingerprint density at radius 2 is 2.16 bits per heavy atom. The van der Waals surface area contributed by atoms with Crippen molar-refractivity contribution in [2.75, 3.05) is 6.54 Å². The molecule has 3 rings (SSSR count). The molecule has 0 aliphatic heterocycles. The number of nitrogens with one attached hydrogen (secondary N) is 1. The molecule has 3 heteroatoms. The summed E-state index contributed by atoms with van der Waals surface area (Å²) in [5.74, 6) is 2.40. The van der Waals surface area contributed by atoms with Crippen LogP contribution < -0.4 is 5.32 Å². The molecule has 19 heavy (non-hydrogen) atoms. The van der Waals surface area contributed by atoms with E-state index in [1.54, 1.807) is 0 Å². The van der Waals surface area contributed by atoms with Crippen molar-refractivity contribution in [1.29, 1.82) is 0 Å². The van der Waals surface area contributed by atoms with E-state index in [-0.39, 0.29) is 0 Å². The lowest BCUT2D eigenvalue weighted by molar-refractivity contribution is 0.241. The fraction of sp³-hybridized carbons (Fsp3) is 0.812. The number of aryl methyl sites for hydroxylation is 1. The minimum atomic E-state index is 0.718. The Balaban J connectivity index is 1.68. The van der Waals surface area contributed by atoms with Crippen LogP contribution in [0.15, 0.2) is 12.4 Å². The molecular weight excluding hydrogens is 234 g/mol. The molecule has 0 radical (unpaired) electrons. The molecule has 2 aliphatic rings. The Labute approximate surface area is 116 Å². The molecule has 3 nitrogen and oxygen atoms in total. The second-order valence-corrected chi connectivity index (χ2v) is 6.60. The predicted octanol–water partition coefficient (Wildman–Crippen LogP) is 3.17. The molecule has 1 aromatic rings. The van der Waals surface area contributed by atoms with Crippen LogP contribution in [0.1, 0.15) is 57.4 Å². The Kier molecular flexibility index (Phi) is 3.92. The maximum absolute atomic E-state index is 4.47. The monoisotopic (exact) mass is 261 g/mol. The number of hydrogen-bond acceptors (Lipinski definition) is 2. The van der Waals surface area contributed by atoms with Gasteiger partial charge < -0.3 is 5.32 Å². The van der Waals surface area contributed by atoms with Gasteiger partial charge in [-0.3, -0.25) is 4.68 Å². The molecule has 3 unspecified atom stereocenters. The van der Waals surface area contributed by atoms with Crippen LogP contribution in [0.5, 0.6) is 0 Å². The lowest BCUT2D eigenvalue weighted by Crippen LogP contribution is -2.32. The normalized spacial score (nSPS) is 31.6. The Bertz CT molecular complexity index is 408. The van der Waals surface area contributed by atoms with Crippen LogP contribution in [0, 0.1) is 11.8 Å². The number of aromatic nitrogens is 2. The fourth-order valence-electron chi connectivity index (χ4n) is 3.45. The first kappa shape index (κ1) is 13.2. The minimum absolute atomic E-state index is 0.718. The standard InChI is InChI=1S/C16H27N3/c1-3-19-11-14(10-18-19)16-8-12(2)4-5-13(16)9-17-15-6-7-15/h10-13,15-17H,3-9H2,1-2H3. The van der Waals surface area contributed by atoms with Crippen LogP contribution in [0.2, 0.25) is 0 Å². The maximum atomic E-state index is 4.47. The molecule has 106 valence electrons. The largest absolute Gasteiger partial charge is 0.314 e. The highest BCUT2D eigenvalue weighted by atomic mass is 15.3. The van der Waals surface area contributed by atoms with Gasteiger partial charge in [0.05, 0.1) is 6.20 Å². The molecule has 2 fully saturated rings. The molecule has 0 amide bonds. The van der Waals surface area contributed by atoms with E-state index in [1.807, 2.05) is 0 Å². The van der Waals surface area contributed by atoms with Crippen LogP contribution in [-0.4, -0.2) is 22.4 Å². The highest BCUT2D eigenvalue weighted by molar-refractivity contribution is 5.14. The van der Waals surface area contributed by atoms with Gasteiger partial charge in [-0.2, -0.15) is 5.10 Å². The summed E-state index contributed by atoms with van der Waals surface area (Å²) >= 11 is 0. The van der Waals surface area contributed by atoms with Gasteiger partial charge in [0, 0.05) is 18.8 Å². The molecule has 0 spiro atoms. The molecule has 0 saturated heterocycles. The van der Waals surface area contributed by atoms with E-state index >= 15 is 0 Å². The topological polar surface area (TPSA) is 29.9 Å². The molecule has 2 saturated carbocycles. The van der Waals surface area contributed by atoms with Crippen molar-refractivity contribution in [2.24, 2.45) is 11.8 Å². The Morgan fingerprint density at radius 1 is 1.32 bits per heavy atom. The Hall–Kier alpha value is -0.830. The minimum Gasteiger partial charge on any atom is -0.314 e. The summed E-state index contributed by atoms with van der Waals surface area (Å²) in [6.07, 6.45) is 11.3. The fourth-order valence-corrected chi connectivity index (χ4v) is 3.45. The first-order chi connectivity index (χ1) is 9.26. The van der Waals surface area contributed by atoms with Gasteiger partial charge in [-0.05, 0) is 62.5 Å². The van der Waals surface area contributed by atoms with Gasteiger partial charge in [0.25, 0.3) is 0 Å². The molecule has 1 N–H and O–H groups in total. The smallest absolute Gasteiger partial charge is 0.0524 e. The van der Waals surface area contributed by atoms with Gasteiger partial charge in [0.1, 0.15) is 0 Å². The third-order valence-corrected chi connectivity index (χ3v) is 4.91. The van der Waals surface area contributed by atoms with Crippen LogP contribution in [0.3, 0.4) is 0 Å². The summed E-state index contributed by atoms with van der Waals surface area (Å²) in [5.41, 5.74) is 1.47. The third-order valence-electron chi connectivity index (χ3n) is 4.91. The first-order valence-corrected chi connectivity index (χ1v) is 8.02. The summed E-state index contributed by atoms with van der Waals surface area (Å²) in [6.45, 7) is 6.75. The Morgan fingerprint density at radius 3 is 2.84 bits per heavy atom. The van der Waals surface area contributed by atoms with Gasteiger partial charge in [-0.25, -0.2) is 0 Å². The van der Waals surface area contributed by atoms with Crippen LogP contribution in [0.25, 0.3) is 0 Å². The summed E-state index contributed by atoms with van der Waals surface area (Å²) in [6, 6.07) is 0.832. The lowest BCUT2D eigenvalue weighted by atomic mass is 9.72. The third kappa shape index (κ3) is 3.19. The molecule has 0 bridgehead atoms. The SMILES string of the molecule is CCn1cc(C2CC(C)CCC2CNC2CC2)cn1. The summed E-state index contributed by atoms with van der Waals surface area (Å²) in [5, 5.41) is 8.21. The zero-order valence-electron chi connectivity index (χ0n) is 12.3. The van der Waals surface area contributed by atoms with Crippen molar-refractivity contribution in [1.82, 2.24) is 15.1 Å². The number of rotatable bonds is 5. The molecule has 3 atom stereocenters. The second-order valence-electron chi connectivity index (χ2n) is 6.60. The first-order valence-electron chi connectivity index (χ1n) is 8.02. The predicted molar refractivity (Wildman–Crippen MR) is 78.2 cm³/mol. The summed E-state index contributed by atoms with van der Waals surface area (Å²) in [7, 11) is 0. The van der Waals surface area contributed by atoms with Crippen LogP contribution >= 0.6 is 0 Å². The highest BCUT2D eigenvalue weighted by Crippen LogP contribution is 2.40. The maximum Gasteiger partial charge on any atom is 0.0524 e. The zero-order valence-corrected chi connectivity index (χ0v) is 12.3. The van der Waals surface area contributed by atoms with Crippen molar-refractivity contribution in [3.05, 3.63) is 18.0 Å². The van der Waals surface area contributed by atoms with Crippen molar-refractivity contribution in [3.63, 3.8) is 0 Å². The average Bonchev–Trinajstić information content (AvgIpc) is 3.13. The van der Waals surface area contributed by atoms with E-state index in [1.165, 1.54) is 44.2 Å². The van der Waals surface area contributed by atoms with E-state index in [4.69, 9.17) is 0 Å². The van der Waals surface area contributed by atoms with Crippen molar-refractivity contribution >= 4 is 0 Å². The molecule has 1 heterocycles. The van der Waals surface area contributed by atoms with Gasteiger partial charge in [-0.1, -0.05) is 13.3 Å². The van der Waals surface area contributed by atoms with E-state index in [2.05, 4.69) is 41.3 Å². The van der Waals surface area contributed by atoms with E-state index < -0.39 is 0 Å². The van der Waals surface area contributed by atoms with Crippen molar-refractivity contribution in [3.8, 4) is 0 Å². The highest BCUT2D eigenvalue weighted by Gasteiger charge is 2.32. The van der Waals surface area contributed by atoms with Crippen molar-refractivity contribution < 1.29 is 0 Å². The van der Waals surface area contributed by atoms with E-state index in [0.29, 0.717) is 0 Å². The second kappa shape index (κ2) is 5.66. The van der Waals surface area contributed by atoms with Gasteiger partial charge in [0.15, 0.2) is 0 Å². The molecule has 2 aliphatic carbocycles. The van der Waals surface area contributed by atoms with Crippen LogP contribution in [-0.2, 0) is 6.54 Å². The van der Waals surface area contributed by atoms with Crippen LogP contribution in [0.4, 0.5) is 0 Å². The average molecular weight is 261 g/mol. The van der Waals surface area contributed by atoms with E-state index in [9.17, 15) is 0 Å². The molecular formula is C16H27N3. The van der Waals surface area contributed by atoms with Gasteiger partial charge >= 0.3 is 0 Å². The quantitative estimate of drug-likeness (QED) is 0.882. The summed E-state index contributed by atoms with van der Waals surface area (Å²) in [4.78, 5) is 0. The van der Waals surface area contributed by atoms with Gasteiger partial charge in [-0.15, -0.1) is 0 Å².